The van der Waals surface area contributed by atoms with Gasteiger partial charge in [-0.2, -0.15) is 0 Å². The Balaban J connectivity index is 2.20. The lowest BCUT2D eigenvalue weighted by molar-refractivity contribution is -0.117. The van der Waals surface area contributed by atoms with Crippen molar-refractivity contribution in [2.45, 2.75) is 13.0 Å². The largest absolute Gasteiger partial charge is 0.407 e. The van der Waals surface area contributed by atoms with Crippen LogP contribution < -0.4 is 16.4 Å². The van der Waals surface area contributed by atoms with Gasteiger partial charge in [-0.05, 0) is 0 Å². The fourth-order valence-electron chi connectivity index (χ4n) is 1.06. The van der Waals surface area contributed by atoms with E-state index in [1.165, 1.54) is 0 Å². The second-order valence-electron chi connectivity index (χ2n) is 3.31. The first-order valence-electron chi connectivity index (χ1n) is 5.26. The average Bonchev–Trinajstić information content (AvgIpc) is 2.72. The van der Waals surface area contributed by atoms with E-state index in [9.17, 15) is 4.79 Å². The number of nitrogens with zero attached hydrogens (tertiary/aromatic N) is 2. The molecule has 0 atom stereocenters. The van der Waals surface area contributed by atoms with Crippen molar-refractivity contribution in [3.63, 3.8) is 0 Å². The maximum absolute atomic E-state index is 10.5. The van der Waals surface area contributed by atoms with E-state index in [0.29, 0.717) is 32.1 Å². The number of hydrogen-bond acceptors (Lipinski definition) is 7. The lowest BCUT2D eigenvalue weighted by Crippen LogP contribution is -2.18. The molecule has 0 saturated heterocycles. The molecule has 0 aliphatic carbocycles. The van der Waals surface area contributed by atoms with Crippen LogP contribution >= 0.6 is 0 Å². The third-order valence-electron chi connectivity index (χ3n) is 1.87. The molecule has 0 fully saturated rings. The average molecular weight is 243 g/mol. The van der Waals surface area contributed by atoms with E-state index in [1.807, 2.05) is 0 Å². The van der Waals surface area contributed by atoms with Crippen LogP contribution in [0.5, 0.6) is 0 Å². The van der Waals surface area contributed by atoms with E-state index in [2.05, 4.69) is 20.8 Å². The van der Waals surface area contributed by atoms with Crippen LogP contribution in [0.15, 0.2) is 4.42 Å². The van der Waals surface area contributed by atoms with Crippen LogP contribution in [-0.2, 0) is 16.1 Å². The molecule has 8 nitrogen and oxygen atoms in total. The summed E-state index contributed by atoms with van der Waals surface area (Å²) in [5, 5.41) is 13.4. The number of primary amides is 1. The van der Waals surface area contributed by atoms with Crippen LogP contribution in [0, 0.1) is 0 Å². The Morgan fingerprint density at radius 2 is 2.29 bits per heavy atom. The van der Waals surface area contributed by atoms with E-state index < -0.39 is 0 Å². The van der Waals surface area contributed by atoms with E-state index in [-0.39, 0.29) is 18.3 Å². The zero-order chi connectivity index (χ0) is 12.5. The normalized spacial score (nSPS) is 10.4. The van der Waals surface area contributed by atoms with E-state index in [1.54, 1.807) is 7.11 Å². The van der Waals surface area contributed by atoms with Gasteiger partial charge in [0.15, 0.2) is 0 Å². The Hall–Kier alpha value is -1.67. The Morgan fingerprint density at radius 1 is 1.47 bits per heavy atom. The molecule has 1 heterocycles. The molecule has 96 valence electrons. The second kappa shape index (κ2) is 7.58. The van der Waals surface area contributed by atoms with Crippen molar-refractivity contribution < 1.29 is 13.9 Å². The van der Waals surface area contributed by atoms with Gasteiger partial charge in [-0.15, -0.1) is 5.10 Å². The number of carbonyl (C=O) groups is 1. The molecule has 0 aliphatic rings. The minimum Gasteiger partial charge on any atom is -0.407 e. The fourth-order valence-corrected chi connectivity index (χ4v) is 1.06. The van der Waals surface area contributed by atoms with Crippen molar-refractivity contribution in [3.8, 4) is 0 Å². The second-order valence-corrected chi connectivity index (χ2v) is 3.31. The number of rotatable bonds is 9. The van der Waals surface area contributed by atoms with Crippen molar-refractivity contribution in [1.29, 1.82) is 0 Å². The van der Waals surface area contributed by atoms with Crippen LogP contribution in [-0.4, -0.2) is 42.9 Å². The maximum atomic E-state index is 10.5. The number of ether oxygens (including phenoxy) is 1. The summed E-state index contributed by atoms with van der Waals surface area (Å²) in [6.45, 7) is 2.20. The van der Waals surface area contributed by atoms with Crippen molar-refractivity contribution in [1.82, 2.24) is 15.5 Å². The summed E-state index contributed by atoms with van der Waals surface area (Å²) < 4.78 is 10.1. The van der Waals surface area contributed by atoms with Gasteiger partial charge in [0.05, 0.1) is 13.2 Å². The molecule has 0 radical (unpaired) electrons. The molecule has 4 N–H and O–H groups in total. The smallest absolute Gasteiger partial charge is 0.315 e. The van der Waals surface area contributed by atoms with E-state index >= 15 is 0 Å². The van der Waals surface area contributed by atoms with Gasteiger partial charge in [0, 0.05) is 26.6 Å². The number of methoxy groups -OCH3 is 1. The molecule has 0 saturated carbocycles. The van der Waals surface area contributed by atoms with Gasteiger partial charge in [0.1, 0.15) is 0 Å². The highest BCUT2D eigenvalue weighted by molar-refractivity contribution is 5.74. The number of hydrogen-bond donors (Lipinski definition) is 3. The number of carbonyl (C=O) groups excluding carboxylic acids is 1. The molecular weight excluding hydrogens is 226 g/mol. The Kier molecular flexibility index (Phi) is 5.97. The molecule has 8 heteroatoms. The van der Waals surface area contributed by atoms with E-state index in [4.69, 9.17) is 14.9 Å². The van der Waals surface area contributed by atoms with Gasteiger partial charge >= 0.3 is 6.01 Å². The van der Waals surface area contributed by atoms with Crippen molar-refractivity contribution in [3.05, 3.63) is 5.89 Å². The molecule has 1 amide bonds. The Labute approximate surface area is 98.9 Å². The predicted molar refractivity (Wildman–Crippen MR) is 60.2 cm³/mol. The number of amides is 1. The molecule has 17 heavy (non-hydrogen) atoms. The fraction of sp³-hybridized carbons (Fsp3) is 0.667. The van der Waals surface area contributed by atoms with Crippen LogP contribution in [0.3, 0.4) is 0 Å². The topological polar surface area (TPSA) is 115 Å². The maximum Gasteiger partial charge on any atom is 0.315 e. The lowest BCUT2D eigenvalue weighted by Gasteiger charge is -1.99. The molecular formula is C9H17N5O3. The zero-order valence-electron chi connectivity index (χ0n) is 9.73. The molecule has 1 rings (SSSR count). The van der Waals surface area contributed by atoms with Crippen molar-refractivity contribution in [2.75, 3.05) is 32.1 Å². The summed E-state index contributed by atoms with van der Waals surface area (Å²) in [6, 6.07) is 0.287. The van der Waals surface area contributed by atoms with Crippen LogP contribution in [0.1, 0.15) is 12.3 Å². The minimum atomic E-state index is -0.376. The lowest BCUT2D eigenvalue weighted by atomic mass is 10.4. The SMILES string of the molecule is COCCNCc1nnc(NCCC(N)=O)o1. The Morgan fingerprint density at radius 3 is 3.00 bits per heavy atom. The molecule has 0 aromatic carbocycles. The third kappa shape index (κ3) is 5.83. The standard InChI is InChI=1S/C9H17N5O3/c1-16-5-4-11-6-8-13-14-9(17-8)12-3-2-7(10)15/h11H,2-6H2,1H3,(H2,10,15)(H,12,14). The third-order valence-corrected chi connectivity index (χ3v) is 1.87. The van der Waals surface area contributed by atoms with Gasteiger partial charge < -0.3 is 25.5 Å². The van der Waals surface area contributed by atoms with Crippen molar-refractivity contribution >= 4 is 11.9 Å². The van der Waals surface area contributed by atoms with Gasteiger partial charge in [0.2, 0.25) is 11.8 Å². The summed E-state index contributed by atoms with van der Waals surface area (Å²) in [5.74, 6) is 0.0983. The number of nitrogens with two attached hydrogens (primary N) is 1. The molecule has 1 aromatic heterocycles. The first kappa shape index (κ1) is 13.4. The summed E-state index contributed by atoms with van der Waals surface area (Å²) in [5.41, 5.74) is 4.99. The molecule has 1 aromatic rings. The first-order chi connectivity index (χ1) is 8.22. The van der Waals surface area contributed by atoms with Crippen LogP contribution in [0.2, 0.25) is 0 Å². The number of nitrogens with one attached hydrogen (secondary N) is 2. The van der Waals surface area contributed by atoms with Crippen LogP contribution in [0.4, 0.5) is 6.01 Å². The first-order valence-corrected chi connectivity index (χ1v) is 5.26. The van der Waals surface area contributed by atoms with Gasteiger partial charge in [-0.25, -0.2) is 0 Å². The highest BCUT2D eigenvalue weighted by Gasteiger charge is 2.05. The zero-order valence-corrected chi connectivity index (χ0v) is 9.73. The van der Waals surface area contributed by atoms with Gasteiger partial charge in [-0.1, -0.05) is 5.10 Å². The van der Waals surface area contributed by atoms with Crippen molar-refractivity contribution in [2.24, 2.45) is 5.73 Å². The summed E-state index contributed by atoms with van der Waals surface area (Å²) in [7, 11) is 1.63. The molecule has 0 aliphatic heterocycles. The summed E-state index contributed by atoms with van der Waals surface area (Å²) >= 11 is 0. The van der Waals surface area contributed by atoms with E-state index in [0.717, 1.165) is 0 Å². The Bertz CT molecular complexity index is 341. The summed E-state index contributed by atoms with van der Waals surface area (Å²) in [4.78, 5) is 10.5. The van der Waals surface area contributed by atoms with Gasteiger partial charge in [-0.3, -0.25) is 4.79 Å². The molecule has 0 unspecified atom stereocenters. The number of aromatic nitrogens is 2. The quantitative estimate of drug-likeness (QED) is 0.481. The number of anilines is 1. The molecule has 0 bridgehead atoms. The van der Waals surface area contributed by atoms with Gasteiger partial charge in [0.25, 0.3) is 0 Å². The van der Waals surface area contributed by atoms with Crippen LogP contribution in [0.25, 0.3) is 0 Å². The molecule has 0 spiro atoms. The highest BCUT2D eigenvalue weighted by atomic mass is 16.5. The summed E-state index contributed by atoms with van der Waals surface area (Å²) in [6.07, 6.45) is 0.226. The monoisotopic (exact) mass is 243 g/mol. The minimum absolute atomic E-state index is 0.226. The predicted octanol–water partition coefficient (Wildman–Crippen LogP) is -0.907. The highest BCUT2D eigenvalue weighted by Crippen LogP contribution is 2.04.